The van der Waals surface area contributed by atoms with Crippen molar-refractivity contribution in [1.29, 1.82) is 0 Å². The van der Waals surface area contributed by atoms with Gasteiger partial charge in [0.25, 0.3) is 0 Å². The van der Waals surface area contributed by atoms with Crippen LogP contribution in [0.25, 0.3) is 0 Å². The predicted octanol–water partition coefficient (Wildman–Crippen LogP) is 0.376. The molecule has 1 N–H and O–H groups in total. The van der Waals surface area contributed by atoms with Gasteiger partial charge in [-0.2, -0.15) is 0 Å². The van der Waals surface area contributed by atoms with Gasteiger partial charge >= 0.3 is 0 Å². The van der Waals surface area contributed by atoms with Crippen molar-refractivity contribution in [3.8, 4) is 0 Å². The number of carbonyl (C=O) groups is 1. The fourth-order valence-electron chi connectivity index (χ4n) is 2.32. The van der Waals surface area contributed by atoms with E-state index in [4.69, 9.17) is 4.74 Å². The van der Waals surface area contributed by atoms with E-state index in [1.54, 1.807) is 0 Å². The summed E-state index contributed by atoms with van der Waals surface area (Å²) in [5.74, 6) is 0.241. The van der Waals surface area contributed by atoms with Crippen LogP contribution in [0.2, 0.25) is 0 Å². The number of carbonyl (C=O) groups excluding carboxylic acids is 1. The Bertz CT molecular complexity index is 221. The summed E-state index contributed by atoms with van der Waals surface area (Å²) >= 11 is 0. The van der Waals surface area contributed by atoms with Crippen LogP contribution in [0.5, 0.6) is 0 Å². The van der Waals surface area contributed by atoms with Crippen molar-refractivity contribution in [3.63, 3.8) is 0 Å². The number of rotatable bonds is 2. The molecule has 1 amide bonds. The first-order valence-electron chi connectivity index (χ1n) is 5.87. The highest BCUT2D eigenvalue weighted by molar-refractivity contribution is 5.82. The normalized spacial score (nSPS) is 31.5. The van der Waals surface area contributed by atoms with E-state index in [9.17, 15) is 4.79 Å². The highest BCUT2D eigenvalue weighted by Crippen LogP contribution is 2.15. The molecule has 4 heteroatoms. The summed E-state index contributed by atoms with van der Waals surface area (Å²) < 4.78 is 5.30. The highest BCUT2D eigenvalue weighted by Gasteiger charge is 2.29. The van der Waals surface area contributed by atoms with Crippen LogP contribution in [0.1, 0.15) is 25.7 Å². The van der Waals surface area contributed by atoms with E-state index in [-0.39, 0.29) is 11.9 Å². The van der Waals surface area contributed by atoms with Crippen molar-refractivity contribution in [1.82, 2.24) is 10.2 Å². The Kier molecular flexibility index (Phi) is 3.59. The van der Waals surface area contributed by atoms with Gasteiger partial charge in [0.15, 0.2) is 0 Å². The molecule has 0 bridgehead atoms. The zero-order valence-corrected chi connectivity index (χ0v) is 9.37. The Labute approximate surface area is 91.0 Å². The molecule has 1 unspecified atom stereocenters. The lowest BCUT2D eigenvalue weighted by atomic mass is 10.0. The molecular formula is C11H20N2O2. The minimum Gasteiger partial charge on any atom is -0.379 e. The molecule has 2 atom stereocenters. The van der Waals surface area contributed by atoms with Crippen LogP contribution in [0, 0.1) is 0 Å². The van der Waals surface area contributed by atoms with Crippen LogP contribution in [0.3, 0.4) is 0 Å². The summed E-state index contributed by atoms with van der Waals surface area (Å²) in [5, 5.41) is 3.29. The number of piperidine rings is 1. The first-order valence-corrected chi connectivity index (χ1v) is 5.87. The van der Waals surface area contributed by atoms with Gasteiger partial charge in [-0.05, 0) is 25.8 Å². The molecule has 2 aliphatic rings. The quantitative estimate of drug-likeness (QED) is 0.719. The van der Waals surface area contributed by atoms with E-state index in [0.717, 1.165) is 26.0 Å². The molecule has 0 radical (unpaired) electrons. The third-order valence-corrected chi connectivity index (χ3v) is 3.41. The molecule has 2 fully saturated rings. The monoisotopic (exact) mass is 212 g/mol. The number of hydrogen-bond donors (Lipinski definition) is 1. The molecule has 86 valence electrons. The van der Waals surface area contributed by atoms with Crippen LogP contribution >= 0.6 is 0 Å². The molecule has 2 rings (SSSR count). The van der Waals surface area contributed by atoms with E-state index in [1.165, 1.54) is 12.8 Å². The van der Waals surface area contributed by atoms with Crippen LogP contribution in [-0.2, 0) is 9.53 Å². The Hall–Kier alpha value is -0.610. The van der Waals surface area contributed by atoms with Gasteiger partial charge in [0, 0.05) is 13.7 Å². The van der Waals surface area contributed by atoms with Gasteiger partial charge in [0.2, 0.25) is 5.91 Å². The second kappa shape index (κ2) is 4.94. The molecule has 0 aromatic heterocycles. The fraction of sp³-hybridized carbons (Fsp3) is 0.909. The lowest BCUT2D eigenvalue weighted by Crippen LogP contribution is -2.50. The van der Waals surface area contributed by atoms with Crippen LogP contribution in [0.4, 0.5) is 0 Å². The van der Waals surface area contributed by atoms with Crippen LogP contribution in [-0.4, -0.2) is 49.7 Å². The second-order valence-corrected chi connectivity index (χ2v) is 4.47. The van der Waals surface area contributed by atoms with Gasteiger partial charge in [0.05, 0.1) is 18.7 Å². The van der Waals surface area contributed by atoms with Gasteiger partial charge in [-0.15, -0.1) is 0 Å². The molecule has 2 heterocycles. The Morgan fingerprint density at radius 2 is 2.27 bits per heavy atom. The summed E-state index contributed by atoms with van der Waals surface area (Å²) in [6.07, 6.45) is 4.32. The van der Waals surface area contributed by atoms with E-state index in [0.29, 0.717) is 12.6 Å². The SMILES string of the molecule is CN(C(=O)[C@@H]1CCCCN1)C1CCOC1. The molecule has 2 aliphatic heterocycles. The van der Waals surface area contributed by atoms with Gasteiger partial charge in [-0.25, -0.2) is 0 Å². The van der Waals surface area contributed by atoms with E-state index in [1.807, 2.05) is 11.9 Å². The Balaban J connectivity index is 1.87. The molecule has 0 aromatic rings. The third-order valence-electron chi connectivity index (χ3n) is 3.41. The van der Waals surface area contributed by atoms with E-state index < -0.39 is 0 Å². The van der Waals surface area contributed by atoms with Crippen molar-refractivity contribution in [2.45, 2.75) is 37.8 Å². The molecule has 0 aromatic carbocycles. The molecule has 0 spiro atoms. The van der Waals surface area contributed by atoms with Gasteiger partial charge in [-0.3, -0.25) is 4.79 Å². The summed E-state index contributed by atoms with van der Waals surface area (Å²) in [7, 11) is 1.90. The minimum absolute atomic E-state index is 0.0457. The van der Waals surface area contributed by atoms with Gasteiger partial charge in [0.1, 0.15) is 0 Å². The molecule has 0 saturated carbocycles. The number of hydrogen-bond acceptors (Lipinski definition) is 3. The van der Waals surface area contributed by atoms with E-state index in [2.05, 4.69) is 5.32 Å². The van der Waals surface area contributed by atoms with Crippen molar-refractivity contribution in [3.05, 3.63) is 0 Å². The van der Waals surface area contributed by atoms with Crippen LogP contribution in [0.15, 0.2) is 0 Å². The van der Waals surface area contributed by atoms with Crippen molar-refractivity contribution in [2.24, 2.45) is 0 Å². The summed E-state index contributed by atoms with van der Waals surface area (Å²) in [5.41, 5.74) is 0. The number of likely N-dealkylation sites (N-methyl/N-ethyl adjacent to an activating group) is 1. The zero-order valence-electron chi connectivity index (χ0n) is 9.37. The first-order chi connectivity index (χ1) is 7.29. The first kappa shape index (κ1) is 10.9. The maximum absolute atomic E-state index is 12.1. The molecule has 2 saturated heterocycles. The average molecular weight is 212 g/mol. The zero-order chi connectivity index (χ0) is 10.7. The Morgan fingerprint density at radius 3 is 2.87 bits per heavy atom. The van der Waals surface area contributed by atoms with Crippen LogP contribution < -0.4 is 5.32 Å². The number of nitrogens with zero attached hydrogens (tertiary/aromatic N) is 1. The number of amides is 1. The molecule has 0 aliphatic carbocycles. The van der Waals surface area contributed by atoms with Crippen molar-refractivity contribution in [2.75, 3.05) is 26.8 Å². The molecular weight excluding hydrogens is 192 g/mol. The minimum atomic E-state index is 0.0457. The topological polar surface area (TPSA) is 41.6 Å². The largest absolute Gasteiger partial charge is 0.379 e. The Morgan fingerprint density at radius 1 is 1.40 bits per heavy atom. The van der Waals surface area contributed by atoms with Crippen molar-refractivity contribution < 1.29 is 9.53 Å². The molecule has 4 nitrogen and oxygen atoms in total. The number of ether oxygens (including phenoxy) is 1. The fourth-order valence-corrected chi connectivity index (χ4v) is 2.32. The van der Waals surface area contributed by atoms with Gasteiger partial charge < -0.3 is 15.0 Å². The standard InChI is InChI=1S/C11H20N2O2/c1-13(9-5-7-15-8-9)11(14)10-4-2-3-6-12-10/h9-10,12H,2-8H2,1H3/t9?,10-/m0/s1. The average Bonchev–Trinajstić information content (AvgIpc) is 2.82. The lowest BCUT2D eigenvalue weighted by Gasteiger charge is -2.30. The summed E-state index contributed by atoms with van der Waals surface area (Å²) in [6, 6.07) is 0.338. The van der Waals surface area contributed by atoms with E-state index >= 15 is 0 Å². The summed E-state index contributed by atoms with van der Waals surface area (Å²) in [6.45, 7) is 2.47. The lowest BCUT2D eigenvalue weighted by molar-refractivity contribution is -0.134. The maximum Gasteiger partial charge on any atom is 0.239 e. The smallest absolute Gasteiger partial charge is 0.239 e. The second-order valence-electron chi connectivity index (χ2n) is 4.47. The third kappa shape index (κ3) is 2.49. The number of nitrogens with one attached hydrogen (secondary N) is 1. The van der Waals surface area contributed by atoms with Gasteiger partial charge in [-0.1, -0.05) is 6.42 Å². The predicted molar refractivity (Wildman–Crippen MR) is 57.6 cm³/mol. The molecule has 15 heavy (non-hydrogen) atoms. The van der Waals surface area contributed by atoms with Crippen molar-refractivity contribution >= 4 is 5.91 Å². The highest BCUT2D eigenvalue weighted by atomic mass is 16.5. The maximum atomic E-state index is 12.1. The summed E-state index contributed by atoms with van der Waals surface area (Å²) in [4.78, 5) is 14.0.